The van der Waals surface area contributed by atoms with Crippen molar-refractivity contribution in [3.8, 4) is 0 Å². The van der Waals surface area contributed by atoms with Crippen LogP contribution in [0.25, 0.3) is 0 Å². The monoisotopic (exact) mass is 359 g/mol. The van der Waals surface area contributed by atoms with Gasteiger partial charge in [-0.15, -0.1) is 0 Å². The molecular formula is C14H21N3O4S2. The van der Waals surface area contributed by atoms with Crippen molar-refractivity contribution in [1.82, 2.24) is 4.90 Å². The van der Waals surface area contributed by atoms with Gasteiger partial charge >= 0.3 is 5.69 Å². The minimum absolute atomic E-state index is 0.0671. The molecule has 2 aliphatic rings. The number of thiophene rings is 1. The van der Waals surface area contributed by atoms with E-state index in [-0.39, 0.29) is 9.90 Å². The molecule has 0 radical (unpaired) electrons. The fourth-order valence-corrected chi connectivity index (χ4v) is 5.53. The van der Waals surface area contributed by atoms with Gasteiger partial charge in [0.25, 0.3) is 0 Å². The third-order valence-electron chi connectivity index (χ3n) is 4.68. The summed E-state index contributed by atoms with van der Waals surface area (Å²) >= 11 is 1.01. The molecule has 7 nitrogen and oxygen atoms in total. The summed E-state index contributed by atoms with van der Waals surface area (Å²) < 4.78 is 23.4. The Balaban J connectivity index is 1.77. The number of sulfone groups is 1. The Morgan fingerprint density at radius 3 is 2.35 bits per heavy atom. The van der Waals surface area contributed by atoms with Crippen molar-refractivity contribution < 1.29 is 13.3 Å². The largest absolute Gasteiger partial charge is 0.355 e. The molecule has 2 heterocycles. The predicted octanol–water partition coefficient (Wildman–Crippen LogP) is 2.12. The van der Waals surface area contributed by atoms with Crippen LogP contribution in [0.5, 0.6) is 0 Å². The highest BCUT2D eigenvalue weighted by Crippen LogP contribution is 2.40. The summed E-state index contributed by atoms with van der Waals surface area (Å²) in [5.41, 5.74) is -0.0928. The summed E-state index contributed by atoms with van der Waals surface area (Å²) in [6.45, 7) is 3.18. The Kier molecular flexibility index (Phi) is 4.61. The standard InChI is InChI=1S/C14H21N3O4S2/c1-23(20,21)13-10-12(17(18)19)14(22-13)16-8-6-15(7-9-16)11-4-2-3-5-11/h10-11H,2-9H2,1H3. The first-order valence-corrected chi connectivity index (χ1v) is 10.5. The van der Waals surface area contributed by atoms with Gasteiger partial charge in [-0.25, -0.2) is 8.42 Å². The maximum Gasteiger partial charge on any atom is 0.305 e. The quantitative estimate of drug-likeness (QED) is 0.605. The highest BCUT2D eigenvalue weighted by Gasteiger charge is 2.31. The molecule has 0 unspecified atom stereocenters. The maximum absolute atomic E-state index is 11.7. The van der Waals surface area contributed by atoms with E-state index in [0.717, 1.165) is 30.7 Å². The number of piperazine rings is 1. The minimum atomic E-state index is -3.42. The summed E-state index contributed by atoms with van der Waals surface area (Å²) in [6.07, 6.45) is 6.16. The topological polar surface area (TPSA) is 83.8 Å². The van der Waals surface area contributed by atoms with Crippen LogP contribution < -0.4 is 4.90 Å². The van der Waals surface area contributed by atoms with E-state index in [1.807, 2.05) is 4.90 Å². The third-order valence-corrected chi connectivity index (χ3v) is 7.66. The lowest BCUT2D eigenvalue weighted by Crippen LogP contribution is -2.49. The fraction of sp³-hybridized carbons (Fsp3) is 0.714. The average molecular weight is 359 g/mol. The zero-order valence-corrected chi connectivity index (χ0v) is 14.7. The van der Waals surface area contributed by atoms with E-state index >= 15 is 0 Å². The molecule has 0 aromatic carbocycles. The van der Waals surface area contributed by atoms with Crippen LogP contribution in [0.3, 0.4) is 0 Å². The van der Waals surface area contributed by atoms with Crippen molar-refractivity contribution in [3.05, 3.63) is 16.2 Å². The van der Waals surface area contributed by atoms with E-state index in [2.05, 4.69) is 4.90 Å². The van der Waals surface area contributed by atoms with Gasteiger partial charge in [0.15, 0.2) is 14.8 Å². The van der Waals surface area contributed by atoms with Crippen LogP contribution in [0.2, 0.25) is 0 Å². The Hall–Kier alpha value is -1.19. The van der Waals surface area contributed by atoms with Gasteiger partial charge in [-0.3, -0.25) is 15.0 Å². The van der Waals surface area contributed by atoms with E-state index in [0.29, 0.717) is 24.1 Å². The van der Waals surface area contributed by atoms with Crippen molar-refractivity contribution >= 4 is 31.9 Å². The molecule has 128 valence electrons. The lowest BCUT2D eigenvalue weighted by molar-refractivity contribution is -0.383. The minimum Gasteiger partial charge on any atom is -0.355 e. The Labute approximate surface area is 140 Å². The van der Waals surface area contributed by atoms with E-state index in [9.17, 15) is 18.5 Å². The second-order valence-corrected chi connectivity index (χ2v) is 9.52. The second-order valence-electron chi connectivity index (χ2n) is 6.25. The number of hydrogen-bond acceptors (Lipinski definition) is 7. The van der Waals surface area contributed by atoms with E-state index < -0.39 is 14.8 Å². The summed E-state index contributed by atoms with van der Waals surface area (Å²) in [6, 6.07) is 1.85. The third kappa shape index (κ3) is 3.51. The molecule has 0 atom stereocenters. The van der Waals surface area contributed by atoms with Crippen molar-refractivity contribution in [2.24, 2.45) is 0 Å². The van der Waals surface area contributed by atoms with Gasteiger partial charge in [-0.2, -0.15) is 0 Å². The number of nitrogens with zero attached hydrogens (tertiary/aromatic N) is 3. The van der Waals surface area contributed by atoms with Crippen LogP contribution in [0.4, 0.5) is 10.7 Å². The van der Waals surface area contributed by atoms with Crippen LogP contribution in [0.1, 0.15) is 25.7 Å². The number of nitro groups is 1. The van der Waals surface area contributed by atoms with Crippen molar-refractivity contribution in [1.29, 1.82) is 0 Å². The van der Waals surface area contributed by atoms with Crippen molar-refractivity contribution in [2.75, 3.05) is 37.3 Å². The van der Waals surface area contributed by atoms with Crippen LogP contribution in [-0.4, -0.2) is 56.7 Å². The first-order valence-electron chi connectivity index (χ1n) is 7.83. The predicted molar refractivity (Wildman–Crippen MR) is 90.1 cm³/mol. The van der Waals surface area contributed by atoms with Crippen LogP contribution >= 0.6 is 11.3 Å². The van der Waals surface area contributed by atoms with E-state index in [1.54, 1.807) is 0 Å². The van der Waals surface area contributed by atoms with Crippen molar-refractivity contribution in [2.45, 2.75) is 35.9 Å². The summed E-state index contributed by atoms with van der Waals surface area (Å²) in [4.78, 5) is 15.2. The molecule has 1 aromatic rings. The molecule has 0 N–H and O–H groups in total. The van der Waals surface area contributed by atoms with Crippen molar-refractivity contribution in [3.63, 3.8) is 0 Å². The summed E-state index contributed by atoms with van der Waals surface area (Å²) in [5, 5.41) is 11.7. The fourth-order valence-electron chi connectivity index (χ4n) is 3.45. The normalized spacial score (nSPS) is 21.0. The van der Waals surface area contributed by atoms with Gasteiger partial charge in [0.2, 0.25) is 0 Å². The number of hydrogen-bond donors (Lipinski definition) is 0. The Morgan fingerprint density at radius 2 is 1.83 bits per heavy atom. The molecule has 9 heteroatoms. The lowest BCUT2D eigenvalue weighted by atomic mass is 10.2. The molecule has 1 saturated carbocycles. The highest BCUT2D eigenvalue weighted by molar-refractivity contribution is 7.92. The Morgan fingerprint density at radius 1 is 1.22 bits per heavy atom. The maximum atomic E-state index is 11.7. The first-order chi connectivity index (χ1) is 10.9. The SMILES string of the molecule is CS(=O)(=O)c1cc([N+](=O)[O-])c(N2CCN(C3CCCC3)CC2)s1. The molecule has 0 bridgehead atoms. The lowest BCUT2D eigenvalue weighted by Gasteiger charge is -2.38. The molecular weight excluding hydrogens is 338 g/mol. The molecule has 0 spiro atoms. The molecule has 1 aliphatic carbocycles. The smallest absolute Gasteiger partial charge is 0.305 e. The molecule has 1 aromatic heterocycles. The van der Waals surface area contributed by atoms with Crippen LogP contribution in [0.15, 0.2) is 10.3 Å². The zero-order chi connectivity index (χ0) is 16.6. The molecule has 23 heavy (non-hydrogen) atoms. The highest BCUT2D eigenvalue weighted by atomic mass is 32.2. The van der Waals surface area contributed by atoms with Gasteiger partial charge in [0.1, 0.15) is 4.21 Å². The molecule has 1 aliphatic heterocycles. The molecule has 1 saturated heterocycles. The second kappa shape index (κ2) is 6.37. The van der Waals surface area contributed by atoms with E-state index in [1.165, 1.54) is 31.7 Å². The summed E-state index contributed by atoms with van der Waals surface area (Å²) in [5.74, 6) is 0. The molecule has 3 rings (SSSR count). The van der Waals surface area contributed by atoms with Gasteiger partial charge in [0, 0.05) is 44.5 Å². The number of anilines is 1. The van der Waals surface area contributed by atoms with Gasteiger partial charge in [-0.1, -0.05) is 24.2 Å². The van der Waals surface area contributed by atoms with Crippen LogP contribution in [0, 0.1) is 10.1 Å². The number of rotatable bonds is 4. The zero-order valence-electron chi connectivity index (χ0n) is 13.1. The van der Waals surface area contributed by atoms with Gasteiger partial charge in [0.05, 0.1) is 4.92 Å². The molecule has 0 amide bonds. The van der Waals surface area contributed by atoms with Gasteiger partial charge < -0.3 is 4.90 Å². The summed E-state index contributed by atoms with van der Waals surface area (Å²) in [7, 11) is -3.42. The first kappa shape index (κ1) is 16.7. The average Bonchev–Trinajstić information content (AvgIpc) is 3.16. The van der Waals surface area contributed by atoms with Crippen LogP contribution in [-0.2, 0) is 9.84 Å². The Bertz CT molecular complexity index is 687. The van der Waals surface area contributed by atoms with E-state index in [4.69, 9.17) is 0 Å². The van der Waals surface area contributed by atoms with Gasteiger partial charge in [-0.05, 0) is 12.8 Å². The molecule has 2 fully saturated rings.